The molecule has 1 N–H and O–H groups in total. The van der Waals surface area contributed by atoms with Gasteiger partial charge in [0, 0.05) is 19.1 Å². The maximum atomic E-state index is 12.8. The SMILES string of the molecule is CC[C@H](C(=O)N1CCC(NC(=O)[C@H](C)SC)CC1)c1ccccc1. The minimum absolute atomic E-state index is 0.0211. The molecule has 2 amide bonds. The van der Waals surface area contributed by atoms with E-state index in [1.165, 1.54) is 0 Å². The molecular formula is C19H28N2O2S. The number of carbonyl (C=O) groups is 2. The molecule has 132 valence electrons. The highest BCUT2D eigenvalue weighted by Gasteiger charge is 2.29. The molecule has 1 aromatic rings. The monoisotopic (exact) mass is 348 g/mol. The van der Waals surface area contributed by atoms with Crippen LogP contribution in [0.5, 0.6) is 0 Å². The van der Waals surface area contributed by atoms with E-state index in [1.54, 1.807) is 11.8 Å². The Bertz CT molecular complexity index is 542. The molecule has 4 nitrogen and oxygen atoms in total. The first kappa shape index (κ1) is 18.8. The van der Waals surface area contributed by atoms with E-state index < -0.39 is 0 Å². The van der Waals surface area contributed by atoms with Gasteiger partial charge in [-0.1, -0.05) is 37.3 Å². The zero-order chi connectivity index (χ0) is 17.5. The number of carbonyl (C=O) groups excluding carboxylic acids is 2. The predicted molar refractivity (Wildman–Crippen MR) is 100 cm³/mol. The van der Waals surface area contributed by atoms with Crippen LogP contribution in [-0.2, 0) is 9.59 Å². The van der Waals surface area contributed by atoms with E-state index in [0.29, 0.717) is 0 Å². The molecular weight excluding hydrogens is 320 g/mol. The number of piperidine rings is 1. The van der Waals surface area contributed by atoms with Gasteiger partial charge >= 0.3 is 0 Å². The molecule has 1 aliphatic rings. The van der Waals surface area contributed by atoms with Crippen LogP contribution >= 0.6 is 11.8 Å². The lowest BCUT2D eigenvalue weighted by Crippen LogP contribution is -2.49. The molecule has 1 heterocycles. The lowest BCUT2D eigenvalue weighted by atomic mass is 9.93. The Labute approximate surface area is 149 Å². The van der Waals surface area contributed by atoms with Crippen molar-refractivity contribution < 1.29 is 9.59 Å². The van der Waals surface area contributed by atoms with Gasteiger partial charge in [0.1, 0.15) is 0 Å². The lowest BCUT2D eigenvalue weighted by molar-refractivity contribution is -0.134. The molecule has 0 unspecified atom stereocenters. The zero-order valence-corrected chi connectivity index (χ0v) is 15.6. The van der Waals surface area contributed by atoms with Crippen LogP contribution in [0, 0.1) is 0 Å². The summed E-state index contributed by atoms with van der Waals surface area (Å²) in [6.45, 7) is 5.43. The van der Waals surface area contributed by atoms with Crippen LogP contribution in [0.1, 0.15) is 44.6 Å². The normalized spacial score (nSPS) is 18.0. The van der Waals surface area contributed by atoms with Crippen LogP contribution in [0.25, 0.3) is 0 Å². The minimum atomic E-state index is -0.0612. The van der Waals surface area contributed by atoms with E-state index >= 15 is 0 Å². The Morgan fingerprint density at radius 1 is 1.25 bits per heavy atom. The van der Waals surface area contributed by atoms with Crippen LogP contribution in [0.15, 0.2) is 30.3 Å². The molecule has 0 aliphatic carbocycles. The summed E-state index contributed by atoms with van der Waals surface area (Å²) in [6.07, 6.45) is 4.43. The molecule has 1 aromatic carbocycles. The molecule has 0 spiro atoms. The number of amides is 2. The fourth-order valence-corrected chi connectivity index (χ4v) is 3.41. The van der Waals surface area contributed by atoms with Crippen molar-refractivity contribution in [2.75, 3.05) is 19.3 Å². The smallest absolute Gasteiger partial charge is 0.233 e. The van der Waals surface area contributed by atoms with Gasteiger partial charge in [-0.05, 0) is 38.0 Å². The number of benzene rings is 1. The van der Waals surface area contributed by atoms with Crippen molar-refractivity contribution in [3.63, 3.8) is 0 Å². The van der Waals surface area contributed by atoms with Gasteiger partial charge in [-0.25, -0.2) is 0 Å². The molecule has 0 saturated carbocycles. The van der Waals surface area contributed by atoms with Gasteiger partial charge in [0.15, 0.2) is 0 Å². The van der Waals surface area contributed by atoms with Gasteiger partial charge in [-0.15, -0.1) is 0 Å². The second-order valence-corrected chi connectivity index (χ2v) is 7.54. The Hall–Kier alpha value is -1.49. The van der Waals surface area contributed by atoms with Gasteiger partial charge in [0.25, 0.3) is 0 Å². The van der Waals surface area contributed by atoms with Crippen molar-refractivity contribution in [3.8, 4) is 0 Å². The van der Waals surface area contributed by atoms with Crippen LogP contribution in [0.2, 0.25) is 0 Å². The molecule has 2 rings (SSSR count). The Morgan fingerprint density at radius 3 is 2.42 bits per heavy atom. The first-order valence-electron chi connectivity index (χ1n) is 8.73. The topological polar surface area (TPSA) is 49.4 Å². The first-order chi connectivity index (χ1) is 11.6. The van der Waals surface area contributed by atoms with Crippen molar-refractivity contribution in [1.82, 2.24) is 10.2 Å². The van der Waals surface area contributed by atoms with Gasteiger partial charge < -0.3 is 10.2 Å². The Morgan fingerprint density at radius 2 is 1.88 bits per heavy atom. The largest absolute Gasteiger partial charge is 0.352 e. The number of thioether (sulfide) groups is 1. The Kier molecular flexibility index (Phi) is 7.16. The van der Waals surface area contributed by atoms with Crippen molar-refractivity contribution in [2.24, 2.45) is 0 Å². The number of nitrogens with zero attached hydrogens (tertiary/aromatic N) is 1. The summed E-state index contributed by atoms with van der Waals surface area (Å²) < 4.78 is 0. The van der Waals surface area contributed by atoms with E-state index in [0.717, 1.165) is 37.9 Å². The molecule has 1 aliphatic heterocycles. The highest BCUT2D eigenvalue weighted by atomic mass is 32.2. The highest BCUT2D eigenvalue weighted by Crippen LogP contribution is 2.24. The van der Waals surface area contributed by atoms with Gasteiger partial charge in [0.05, 0.1) is 11.2 Å². The molecule has 24 heavy (non-hydrogen) atoms. The zero-order valence-electron chi connectivity index (χ0n) is 14.8. The number of hydrogen-bond donors (Lipinski definition) is 1. The summed E-state index contributed by atoms with van der Waals surface area (Å²) >= 11 is 1.55. The second kappa shape index (κ2) is 9.11. The van der Waals surface area contributed by atoms with Gasteiger partial charge in [0.2, 0.25) is 11.8 Å². The molecule has 1 fully saturated rings. The summed E-state index contributed by atoms with van der Waals surface area (Å²) in [4.78, 5) is 26.8. The van der Waals surface area contributed by atoms with E-state index in [9.17, 15) is 9.59 Å². The van der Waals surface area contributed by atoms with E-state index in [1.807, 2.05) is 48.4 Å². The molecule has 0 aromatic heterocycles. The summed E-state index contributed by atoms with van der Waals surface area (Å²) in [5, 5.41) is 3.09. The van der Waals surface area contributed by atoms with E-state index in [2.05, 4.69) is 12.2 Å². The molecule has 0 radical (unpaired) electrons. The van der Waals surface area contributed by atoms with Crippen molar-refractivity contribution in [2.45, 2.75) is 50.3 Å². The molecule has 2 atom stereocenters. The first-order valence-corrected chi connectivity index (χ1v) is 10.0. The number of likely N-dealkylation sites (tertiary alicyclic amines) is 1. The number of hydrogen-bond acceptors (Lipinski definition) is 3. The Balaban J connectivity index is 1.89. The standard InChI is InChI=1S/C19H28N2O2S/c1-4-17(15-8-6-5-7-9-15)19(23)21-12-10-16(11-13-21)20-18(22)14(2)24-3/h5-9,14,16-17H,4,10-13H2,1-3H3,(H,20,22)/t14-,17-/m0/s1. The predicted octanol–water partition coefficient (Wildman–Crippen LogP) is 3.04. The second-order valence-electron chi connectivity index (χ2n) is 6.36. The summed E-state index contributed by atoms with van der Waals surface area (Å²) in [6, 6.07) is 10.2. The van der Waals surface area contributed by atoms with Crippen LogP contribution in [0.3, 0.4) is 0 Å². The summed E-state index contributed by atoms with van der Waals surface area (Å²) in [5.41, 5.74) is 1.09. The van der Waals surface area contributed by atoms with Crippen molar-refractivity contribution in [3.05, 3.63) is 35.9 Å². The van der Waals surface area contributed by atoms with Crippen LogP contribution < -0.4 is 5.32 Å². The quantitative estimate of drug-likeness (QED) is 0.860. The average molecular weight is 349 g/mol. The number of rotatable bonds is 6. The van der Waals surface area contributed by atoms with E-state index in [-0.39, 0.29) is 29.0 Å². The molecule has 5 heteroatoms. The van der Waals surface area contributed by atoms with Crippen LogP contribution in [-0.4, -0.2) is 47.4 Å². The van der Waals surface area contributed by atoms with Gasteiger partial charge in [-0.3, -0.25) is 9.59 Å². The fourth-order valence-electron chi connectivity index (χ4n) is 3.13. The van der Waals surface area contributed by atoms with Crippen molar-refractivity contribution >= 4 is 23.6 Å². The van der Waals surface area contributed by atoms with Crippen molar-refractivity contribution in [1.29, 1.82) is 0 Å². The maximum absolute atomic E-state index is 12.8. The lowest BCUT2D eigenvalue weighted by Gasteiger charge is -2.34. The van der Waals surface area contributed by atoms with Gasteiger partial charge in [-0.2, -0.15) is 11.8 Å². The molecule has 0 bridgehead atoms. The third-order valence-corrected chi connectivity index (χ3v) is 5.71. The maximum Gasteiger partial charge on any atom is 0.233 e. The van der Waals surface area contributed by atoms with Crippen LogP contribution in [0.4, 0.5) is 0 Å². The van der Waals surface area contributed by atoms with E-state index in [4.69, 9.17) is 0 Å². The third kappa shape index (κ3) is 4.76. The minimum Gasteiger partial charge on any atom is -0.352 e. The molecule has 1 saturated heterocycles. The highest BCUT2D eigenvalue weighted by molar-refractivity contribution is 7.99. The number of nitrogens with one attached hydrogen (secondary N) is 1. The summed E-state index contributed by atoms with van der Waals surface area (Å²) in [7, 11) is 0. The fraction of sp³-hybridized carbons (Fsp3) is 0.579. The summed E-state index contributed by atoms with van der Waals surface area (Å²) in [5.74, 6) is 0.253. The third-order valence-electron chi connectivity index (χ3n) is 4.78. The average Bonchev–Trinajstić information content (AvgIpc) is 2.63.